The Balaban J connectivity index is 1.60. The summed E-state index contributed by atoms with van der Waals surface area (Å²) in [5.41, 5.74) is 0. The third-order valence-corrected chi connectivity index (χ3v) is 3.90. The summed E-state index contributed by atoms with van der Waals surface area (Å²) in [6, 6.07) is 1.87. The third kappa shape index (κ3) is 2.93. The van der Waals surface area contributed by atoms with E-state index < -0.39 is 0 Å². The molecule has 2 heterocycles. The summed E-state index contributed by atoms with van der Waals surface area (Å²) >= 11 is 5.99. The topological polar surface area (TPSA) is 32.3 Å². The van der Waals surface area contributed by atoms with Crippen molar-refractivity contribution in [2.24, 2.45) is 5.92 Å². The lowest BCUT2D eigenvalue weighted by Crippen LogP contribution is -2.47. The number of hydrogen-bond donors (Lipinski definition) is 0. The van der Waals surface area contributed by atoms with Crippen molar-refractivity contribution in [2.75, 3.05) is 37.6 Å². The Hall–Kier alpha value is -0.870. The van der Waals surface area contributed by atoms with Crippen molar-refractivity contribution in [3.8, 4) is 0 Å². The molecule has 0 unspecified atom stereocenters. The molecule has 1 aliphatic heterocycles. The second-order valence-corrected chi connectivity index (χ2v) is 5.71. The summed E-state index contributed by atoms with van der Waals surface area (Å²) in [5, 5.41) is 0.540. The first-order valence-corrected chi connectivity index (χ1v) is 7.07. The largest absolute Gasteiger partial charge is 0.354 e. The van der Waals surface area contributed by atoms with E-state index in [2.05, 4.69) is 19.8 Å². The van der Waals surface area contributed by atoms with Gasteiger partial charge >= 0.3 is 0 Å². The fourth-order valence-electron chi connectivity index (χ4n) is 2.50. The molecule has 0 N–H and O–H groups in total. The van der Waals surface area contributed by atoms with Crippen LogP contribution in [0.2, 0.25) is 5.15 Å². The fourth-order valence-corrected chi connectivity index (χ4v) is 2.72. The summed E-state index contributed by atoms with van der Waals surface area (Å²) in [6.45, 7) is 7.53. The van der Waals surface area contributed by atoms with E-state index in [1.54, 1.807) is 0 Å². The van der Waals surface area contributed by atoms with E-state index in [0.717, 1.165) is 43.7 Å². The van der Waals surface area contributed by atoms with Gasteiger partial charge in [-0.3, -0.25) is 4.90 Å². The zero-order valence-corrected chi connectivity index (χ0v) is 11.5. The number of anilines is 1. The highest BCUT2D eigenvalue weighted by Crippen LogP contribution is 2.30. The second kappa shape index (κ2) is 5.02. The lowest BCUT2D eigenvalue weighted by molar-refractivity contribution is 0.247. The van der Waals surface area contributed by atoms with Gasteiger partial charge < -0.3 is 4.90 Å². The minimum Gasteiger partial charge on any atom is -0.354 e. The maximum absolute atomic E-state index is 5.99. The van der Waals surface area contributed by atoms with E-state index in [1.807, 2.05) is 13.0 Å². The van der Waals surface area contributed by atoms with Crippen LogP contribution in [-0.4, -0.2) is 47.6 Å². The van der Waals surface area contributed by atoms with Crippen molar-refractivity contribution < 1.29 is 0 Å². The lowest BCUT2D eigenvalue weighted by Gasteiger charge is -2.35. The predicted molar refractivity (Wildman–Crippen MR) is 73.2 cm³/mol. The van der Waals surface area contributed by atoms with Gasteiger partial charge in [-0.05, 0) is 25.7 Å². The van der Waals surface area contributed by atoms with Crippen molar-refractivity contribution in [3.63, 3.8) is 0 Å². The zero-order valence-electron chi connectivity index (χ0n) is 10.8. The van der Waals surface area contributed by atoms with Crippen LogP contribution < -0.4 is 4.90 Å². The van der Waals surface area contributed by atoms with Gasteiger partial charge in [0.25, 0.3) is 0 Å². The Morgan fingerprint density at radius 2 is 1.94 bits per heavy atom. The number of hydrogen-bond acceptors (Lipinski definition) is 4. The maximum Gasteiger partial charge on any atom is 0.134 e. The molecule has 1 aromatic heterocycles. The third-order valence-electron chi connectivity index (χ3n) is 3.70. The molecule has 0 aromatic carbocycles. The number of aromatic nitrogens is 2. The normalized spacial score (nSPS) is 21.3. The van der Waals surface area contributed by atoms with E-state index in [9.17, 15) is 0 Å². The van der Waals surface area contributed by atoms with E-state index in [1.165, 1.54) is 19.4 Å². The molecule has 1 saturated carbocycles. The molecule has 3 rings (SSSR count). The van der Waals surface area contributed by atoms with Crippen LogP contribution in [0.4, 0.5) is 5.82 Å². The van der Waals surface area contributed by atoms with Crippen LogP contribution in [0.5, 0.6) is 0 Å². The summed E-state index contributed by atoms with van der Waals surface area (Å²) in [4.78, 5) is 13.5. The van der Waals surface area contributed by atoms with Crippen LogP contribution in [0.25, 0.3) is 0 Å². The van der Waals surface area contributed by atoms with E-state index in [4.69, 9.17) is 11.6 Å². The molecular formula is C13H19ClN4. The van der Waals surface area contributed by atoms with E-state index in [0.29, 0.717) is 5.15 Å². The molecule has 2 fully saturated rings. The van der Waals surface area contributed by atoms with E-state index in [-0.39, 0.29) is 0 Å². The van der Waals surface area contributed by atoms with Crippen LogP contribution in [0, 0.1) is 12.8 Å². The SMILES string of the molecule is Cc1nc(Cl)cc(N2CCN(CC3CC3)CC2)n1. The Kier molecular flexibility index (Phi) is 3.39. The van der Waals surface area contributed by atoms with Gasteiger partial charge in [0.05, 0.1) is 0 Å². The minimum absolute atomic E-state index is 0.540. The molecule has 18 heavy (non-hydrogen) atoms. The quantitative estimate of drug-likeness (QED) is 0.783. The molecule has 1 saturated heterocycles. The number of halogens is 1. The monoisotopic (exact) mass is 266 g/mol. The smallest absolute Gasteiger partial charge is 0.134 e. The minimum atomic E-state index is 0.540. The second-order valence-electron chi connectivity index (χ2n) is 5.33. The Morgan fingerprint density at radius 3 is 2.56 bits per heavy atom. The van der Waals surface area contributed by atoms with Gasteiger partial charge in [-0.2, -0.15) is 0 Å². The van der Waals surface area contributed by atoms with E-state index >= 15 is 0 Å². The maximum atomic E-state index is 5.99. The average molecular weight is 267 g/mol. The number of rotatable bonds is 3. The van der Waals surface area contributed by atoms with Crippen LogP contribution in [0.1, 0.15) is 18.7 Å². The summed E-state index contributed by atoms with van der Waals surface area (Å²) < 4.78 is 0. The van der Waals surface area contributed by atoms with Crippen molar-refractivity contribution >= 4 is 17.4 Å². The van der Waals surface area contributed by atoms with Crippen LogP contribution in [0.3, 0.4) is 0 Å². The van der Waals surface area contributed by atoms with Gasteiger partial charge in [-0.15, -0.1) is 0 Å². The Morgan fingerprint density at radius 1 is 1.22 bits per heavy atom. The zero-order chi connectivity index (χ0) is 12.5. The predicted octanol–water partition coefficient (Wildman–Crippen LogP) is 1.97. The van der Waals surface area contributed by atoms with Crippen LogP contribution >= 0.6 is 11.6 Å². The molecular weight excluding hydrogens is 248 g/mol. The van der Waals surface area contributed by atoms with Crippen molar-refractivity contribution in [1.82, 2.24) is 14.9 Å². The van der Waals surface area contributed by atoms with Gasteiger partial charge in [0.15, 0.2) is 0 Å². The molecule has 1 aliphatic carbocycles. The van der Waals surface area contributed by atoms with Crippen LogP contribution in [0.15, 0.2) is 6.07 Å². The van der Waals surface area contributed by atoms with Gasteiger partial charge in [0, 0.05) is 38.8 Å². The first-order chi connectivity index (χ1) is 8.70. The molecule has 0 spiro atoms. The van der Waals surface area contributed by atoms with Crippen LogP contribution in [-0.2, 0) is 0 Å². The van der Waals surface area contributed by atoms with Crippen molar-refractivity contribution in [2.45, 2.75) is 19.8 Å². The van der Waals surface area contributed by atoms with Crippen molar-refractivity contribution in [3.05, 3.63) is 17.0 Å². The molecule has 5 heteroatoms. The molecule has 0 atom stereocenters. The first kappa shape index (κ1) is 12.2. The molecule has 4 nitrogen and oxygen atoms in total. The van der Waals surface area contributed by atoms with Crippen molar-refractivity contribution in [1.29, 1.82) is 0 Å². The molecule has 0 radical (unpaired) electrons. The Labute approximate surface area is 113 Å². The lowest BCUT2D eigenvalue weighted by atomic mass is 10.3. The average Bonchev–Trinajstić information content (AvgIpc) is 3.12. The number of nitrogens with zero attached hydrogens (tertiary/aromatic N) is 4. The Bertz CT molecular complexity index is 405. The molecule has 2 aliphatic rings. The summed E-state index contributed by atoms with van der Waals surface area (Å²) in [6.07, 6.45) is 2.86. The highest BCUT2D eigenvalue weighted by Gasteiger charge is 2.26. The molecule has 0 amide bonds. The standard InChI is InChI=1S/C13H19ClN4/c1-10-15-12(14)8-13(16-10)18-6-4-17(5-7-18)9-11-2-3-11/h8,11H,2-7,9H2,1H3. The molecule has 98 valence electrons. The highest BCUT2D eigenvalue weighted by molar-refractivity contribution is 6.29. The fraction of sp³-hybridized carbons (Fsp3) is 0.692. The number of aryl methyl sites for hydroxylation is 1. The number of piperazine rings is 1. The molecule has 0 bridgehead atoms. The summed E-state index contributed by atoms with van der Waals surface area (Å²) in [5.74, 6) is 2.70. The van der Waals surface area contributed by atoms with Gasteiger partial charge in [0.2, 0.25) is 0 Å². The van der Waals surface area contributed by atoms with Gasteiger partial charge in [0.1, 0.15) is 16.8 Å². The van der Waals surface area contributed by atoms with Gasteiger partial charge in [-0.1, -0.05) is 11.6 Å². The van der Waals surface area contributed by atoms with Gasteiger partial charge in [-0.25, -0.2) is 9.97 Å². The highest BCUT2D eigenvalue weighted by atomic mass is 35.5. The first-order valence-electron chi connectivity index (χ1n) is 6.69. The summed E-state index contributed by atoms with van der Waals surface area (Å²) in [7, 11) is 0. The molecule has 1 aromatic rings.